The summed E-state index contributed by atoms with van der Waals surface area (Å²) in [6, 6.07) is 137. The summed E-state index contributed by atoms with van der Waals surface area (Å²) in [7, 11) is 0. The molecule has 0 aliphatic rings. The lowest BCUT2D eigenvalue weighted by molar-refractivity contribution is 1.01. The highest BCUT2D eigenvalue weighted by atomic mass is 15.2. The van der Waals surface area contributed by atoms with Crippen molar-refractivity contribution in [1.82, 2.24) is 29.1 Å². The van der Waals surface area contributed by atoms with Crippen molar-refractivity contribution in [2.45, 2.75) is 0 Å². The number of aromatic nitrogens is 6. The second-order valence-corrected chi connectivity index (χ2v) is 28.5. The first kappa shape index (κ1) is 61.1. The van der Waals surface area contributed by atoms with Crippen LogP contribution in [-0.4, -0.2) is 29.1 Å². The third kappa shape index (κ3) is 10.2. The van der Waals surface area contributed by atoms with Crippen LogP contribution < -0.4 is 0 Å². The van der Waals surface area contributed by atoms with Gasteiger partial charge in [-0.15, -0.1) is 0 Å². The first-order chi connectivity index (χ1) is 53.5. The molecule has 0 unspecified atom stereocenters. The van der Waals surface area contributed by atoms with E-state index in [0.717, 1.165) is 165 Å². The Bertz CT molecular complexity index is 7480. The Balaban J connectivity index is 0.664. The van der Waals surface area contributed by atoms with Gasteiger partial charge < -0.3 is 0 Å². The number of benzene rings is 18. The summed E-state index contributed by atoms with van der Waals surface area (Å²) >= 11 is 0. The van der Waals surface area contributed by atoms with E-state index in [1.54, 1.807) is 0 Å². The van der Waals surface area contributed by atoms with Crippen LogP contribution in [-0.2, 0) is 0 Å². The molecule has 4 aromatic heterocycles. The van der Waals surface area contributed by atoms with Crippen LogP contribution >= 0.6 is 0 Å². The monoisotopic (exact) mass is 1370 g/mol. The highest BCUT2D eigenvalue weighted by Crippen LogP contribution is 2.44. The molecule has 0 saturated heterocycles. The molecule has 6 heteroatoms. The van der Waals surface area contributed by atoms with Gasteiger partial charge in [-0.2, -0.15) is 0 Å². The Morgan fingerprint density at radius 3 is 1.07 bits per heavy atom. The summed E-state index contributed by atoms with van der Waals surface area (Å²) in [6.45, 7) is 0. The molecule has 22 rings (SSSR count). The Morgan fingerprint density at radius 2 is 0.500 bits per heavy atom. The summed E-state index contributed by atoms with van der Waals surface area (Å²) in [5, 5.41) is 18.4. The molecule has 108 heavy (non-hydrogen) atoms. The fourth-order valence-corrected chi connectivity index (χ4v) is 16.9. The van der Waals surface area contributed by atoms with Crippen LogP contribution in [0.15, 0.2) is 376 Å². The van der Waals surface area contributed by atoms with Crippen LogP contribution in [0.2, 0.25) is 0 Å². The summed E-state index contributed by atoms with van der Waals surface area (Å²) in [5.41, 5.74) is 23.3. The van der Waals surface area contributed by atoms with Crippen molar-refractivity contribution in [2.75, 3.05) is 0 Å². The third-order valence-electron chi connectivity index (χ3n) is 22.3. The molecular weight excluding hydrogens is 1310 g/mol. The molecule has 0 saturated carbocycles. The van der Waals surface area contributed by atoms with Gasteiger partial charge in [0, 0.05) is 43.4 Å². The van der Waals surface area contributed by atoms with Crippen LogP contribution in [0.3, 0.4) is 0 Å². The van der Waals surface area contributed by atoms with Crippen molar-refractivity contribution in [3.8, 4) is 101 Å². The number of rotatable bonds is 10. The van der Waals surface area contributed by atoms with Crippen molar-refractivity contribution < 1.29 is 0 Å². The van der Waals surface area contributed by atoms with E-state index in [1.165, 1.54) is 43.4 Å². The van der Waals surface area contributed by atoms with Gasteiger partial charge in [0.25, 0.3) is 0 Å². The predicted molar refractivity (Wildman–Crippen MR) is 452 cm³/mol. The predicted octanol–water partition coefficient (Wildman–Crippen LogP) is 26.9. The lowest BCUT2D eigenvalue weighted by atomic mass is 9.94. The molecule has 0 bridgehead atoms. The van der Waals surface area contributed by atoms with Gasteiger partial charge in [-0.1, -0.05) is 285 Å². The van der Waals surface area contributed by atoms with Crippen molar-refractivity contribution in [3.05, 3.63) is 376 Å². The smallest absolute Gasteiger partial charge is 0.235 e. The van der Waals surface area contributed by atoms with E-state index in [9.17, 15) is 0 Å². The van der Waals surface area contributed by atoms with E-state index in [1.807, 2.05) is 0 Å². The third-order valence-corrected chi connectivity index (χ3v) is 22.3. The molecular formula is C102H62N6. The average Bonchev–Trinajstić information content (AvgIpc) is 1.63. The molecule has 500 valence electrons. The zero-order chi connectivity index (χ0) is 70.9. The zero-order valence-electron chi connectivity index (χ0n) is 58.5. The molecule has 0 aliphatic heterocycles. The van der Waals surface area contributed by atoms with Gasteiger partial charge in [0.15, 0.2) is 0 Å². The fourth-order valence-electron chi connectivity index (χ4n) is 16.9. The molecule has 0 spiro atoms. The molecule has 4 heterocycles. The SMILES string of the molecule is c1ccc(-c2ccc3nc(-n4c5ccc(-c6cccc(-c7cccc(-c8ccc9nc(-n%10c%11ccc(-c%12cccc%13ccccc%12%13)cc%11c%11cc%12ccccc%12cc%11%10)nc(-c%10ccc(-c%11ccc%12ccccc%12c%11)cc%10)c9c8)c7)c6)cc5c5cc6ccccc6cc54)nc(-c4cccc5ccccc45)c3c2)cc1. The minimum Gasteiger partial charge on any atom is -0.278 e. The van der Waals surface area contributed by atoms with Crippen LogP contribution in [0.1, 0.15) is 0 Å². The lowest BCUT2D eigenvalue weighted by Gasteiger charge is -2.14. The molecule has 0 amide bonds. The van der Waals surface area contributed by atoms with Crippen LogP contribution in [0.25, 0.3) is 220 Å². The molecule has 0 N–H and O–H groups in total. The topological polar surface area (TPSA) is 61.4 Å². The minimum atomic E-state index is 0.612. The van der Waals surface area contributed by atoms with E-state index >= 15 is 0 Å². The molecule has 0 aliphatic carbocycles. The Hall–Kier alpha value is -14.5. The van der Waals surface area contributed by atoms with Crippen molar-refractivity contribution in [2.24, 2.45) is 0 Å². The first-order valence-corrected chi connectivity index (χ1v) is 36.9. The average molecular weight is 1370 g/mol. The molecule has 0 radical (unpaired) electrons. The number of hydrogen-bond acceptors (Lipinski definition) is 4. The molecule has 22 aromatic rings. The molecule has 6 nitrogen and oxygen atoms in total. The van der Waals surface area contributed by atoms with Gasteiger partial charge in [0.2, 0.25) is 11.9 Å². The quantitative estimate of drug-likeness (QED) is 0.137. The second kappa shape index (κ2) is 24.6. The maximum atomic E-state index is 5.75. The van der Waals surface area contributed by atoms with Crippen molar-refractivity contribution >= 4 is 119 Å². The maximum Gasteiger partial charge on any atom is 0.235 e. The molecule has 0 atom stereocenters. The van der Waals surface area contributed by atoms with E-state index in [-0.39, 0.29) is 0 Å². The van der Waals surface area contributed by atoms with Crippen LogP contribution in [0.4, 0.5) is 0 Å². The van der Waals surface area contributed by atoms with Crippen LogP contribution in [0.5, 0.6) is 0 Å². The van der Waals surface area contributed by atoms with Gasteiger partial charge in [-0.3, -0.25) is 9.13 Å². The Morgan fingerprint density at radius 1 is 0.157 bits per heavy atom. The summed E-state index contributed by atoms with van der Waals surface area (Å²) < 4.78 is 4.56. The number of hydrogen-bond donors (Lipinski definition) is 0. The summed E-state index contributed by atoms with van der Waals surface area (Å²) in [5.74, 6) is 1.23. The molecule has 0 fully saturated rings. The van der Waals surface area contributed by atoms with Crippen molar-refractivity contribution in [3.63, 3.8) is 0 Å². The van der Waals surface area contributed by atoms with E-state index in [2.05, 4.69) is 385 Å². The second-order valence-electron chi connectivity index (χ2n) is 28.5. The van der Waals surface area contributed by atoms with E-state index in [0.29, 0.717) is 11.9 Å². The maximum absolute atomic E-state index is 5.75. The fraction of sp³-hybridized carbons (Fsp3) is 0. The lowest BCUT2D eigenvalue weighted by Crippen LogP contribution is -2.04. The van der Waals surface area contributed by atoms with Crippen molar-refractivity contribution in [1.29, 1.82) is 0 Å². The van der Waals surface area contributed by atoms with Gasteiger partial charge >= 0.3 is 0 Å². The number of nitrogens with zero attached hydrogens (tertiary/aromatic N) is 6. The standard InChI is InChI=1S/C102H62N6/c1-2-18-63(19-3-1)79-44-48-94-92(58-79)100(86-37-17-29-67-22-11-13-35-84(67)86)106-102(104-94)108-95-50-46-81(57-87(95)89-55-74-24-6-8-26-76(74)61-97(89)108)73-33-15-31-71(54-73)70-30-14-32-72(53-70)80-45-49-93-91(59-80)99(68-41-38-65(39-42-68)78-43-40-64-20-4-5-23-69(64)52-78)105-101(103-93)107-96-51-47-82(85-36-16-28-66-21-10-12-34-83(66)85)60-88(96)90-56-75-25-7-9-27-77(75)62-98(90)107/h1-62H. The summed E-state index contributed by atoms with van der Waals surface area (Å²) in [4.78, 5) is 22.5. The van der Waals surface area contributed by atoms with E-state index in [4.69, 9.17) is 19.9 Å². The van der Waals surface area contributed by atoms with Gasteiger partial charge in [0.05, 0.1) is 44.5 Å². The number of fused-ring (bicyclic) bond motifs is 13. The van der Waals surface area contributed by atoms with Gasteiger partial charge in [-0.25, -0.2) is 19.9 Å². The van der Waals surface area contributed by atoms with Gasteiger partial charge in [0.1, 0.15) is 0 Å². The van der Waals surface area contributed by atoms with E-state index < -0.39 is 0 Å². The highest BCUT2D eigenvalue weighted by Gasteiger charge is 2.24. The van der Waals surface area contributed by atoms with Gasteiger partial charge in [-0.05, 0) is 212 Å². The summed E-state index contributed by atoms with van der Waals surface area (Å²) in [6.07, 6.45) is 0. The molecule has 18 aromatic carbocycles. The Kier molecular flexibility index (Phi) is 13.9. The highest BCUT2D eigenvalue weighted by molar-refractivity contribution is 6.17. The van der Waals surface area contributed by atoms with Crippen LogP contribution in [0, 0.1) is 0 Å². The Labute approximate surface area is 621 Å². The largest absolute Gasteiger partial charge is 0.278 e. The minimum absolute atomic E-state index is 0.612. The first-order valence-electron chi connectivity index (χ1n) is 36.9. The normalized spacial score (nSPS) is 11.9. The zero-order valence-corrected chi connectivity index (χ0v) is 58.5.